The van der Waals surface area contributed by atoms with Crippen molar-refractivity contribution in [1.82, 2.24) is 14.8 Å². The van der Waals surface area contributed by atoms with Crippen molar-refractivity contribution in [2.24, 2.45) is 5.41 Å². The summed E-state index contributed by atoms with van der Waals surface area (Å²) in [6, 6.07) is 8.33. The fourth-order valence-corrected chi connectivity index (χ4v) is 4.63. The number of amides is 1. The zero-order valence-electron chi connectivity index (χ0n) is 15.4. The molecule has 25 heavy (non-hydrogen) atoms. The maximum atomic E-state index is 12.4. The summed E-state index contributed by atoms with van der Waals surface area (Å²) >= 11 is 0. The van der Waals surface area contributed by atoms with Crippen LogP contribution in [-0.4, -0.2) is 47.9 Å². The van der Waals surface area contributed by atoms with Crippen LogP contribution in [-0.2, 0) is 10.3 Å². The van der Waals surface area contributed by atoms with Gasteiger partial charge >= 0.3 is 0 Å². The molecule has 5 heteroatoms. The van der Waals surface area contributed by atoms with Crippen molar-refractivity contribution in [2.75, 3.05) is 27.2 Å². The highest BCUT2D eigenvalue weighted by molar-refractivity contribution is 5.79. The Morgan fingerprint density at radius 3 is 2.64 bits per heavy atom. The van der Waals surface area contributed by atoms with Gasteiger partial charge in [0, 0.05) is 32.1 Å². The molecule has 3 rings (SSSR count). The SMILES string of the molecule is CN(C)[C@]1(c2ccccn2)CC[C@]2(CC1)CC(=O)N(CCCC#N)C2. The number of pyridine rings is 1. The average molecular weight is 340 g/mol. The number of likely N-dealkylation sites (tertiary alicyclic amines) is 1. The predicted molar refractivity (Wildman–Crippen MR) is 96.5 cm³/mol. The van der Waals surface area contributed by atoms with Gasteiger partial charge in [0.15, 0.2) is 0 Å². The van der Waals surface area contributed by atoms with Gasteiger partial charge in [-0.25, -0.2) is 0 Å². The molecule has 0 radical (unpaired) electrons. The van der Waals surface area contributed by atoms with Crippen molar-refractivity contribution >= 4 is 5.91 Å². The lowest BCUT2D eigenvalue weighted by molar-refractivity contribution is -0.127. The Morgan fingerprint density at radius 2 is 2.04 bits per heavy atom. The van der Waals surface area contributed by atoms with Crippen molar-refractivity contribution in [1.29, 1.82) is 5.26 Å². The van der Waals surface area contributed by atoms with Crippen molar-refractivity contribution in [3.63, 3.8) is 0 Å². The fourth-order valence-electron chi connectivity index (χ4n) is 4.63. The third-order valence-electron chi connectivity index (χ3n) is 6.26. The molecule has 1 aromatic rings. The second-order valence-corrected chi connectivity index (χ2v) is 7.89. The van der Waals surface area contributed by atoms with E-state index in [4.69, 9.17) is 5.26 Å². The van der Waals surface area contributed by atoms with Gasteiger partial charge in [-0.2, -0.15) is 5.26 Å². The van der Waals surface area contributed by atoms with Gasteiger partial charge in [-0.3, -0.25) is 14.7 Å². The van der Waals surface area contributed by atoms with Crippen LogP contribution in [0.2, 0.25) is 0 Å². The van der Waals surface area contributed by atoms with E-state index in [2.05, 4.69) is 42.2 Å². The van der Waals surface area contributed by atoms with Crippen molar-refractivity contribution in [2.45, 2.75) is 50.5 Å². The Balaban J connectivity index is 1.70. The highest BCUT2D eigenvalue weighted by atomic mass is 16.2. The van der Waals surface area contributed by atoms with E-state index in [1.165, 1.54) is 0 Å². The molecular weight excluding hydrogens is 312 g/mol. The minimum Gasteiger partial charge on any atom is -0.342 e. The lowest BCUT2D eigenvalue weighted by Gasteiger charge is -2.48. The number of aromatic nitrogens is 1. The molecular formula is C20H28N4O. The van der Waals surface area contributed by atoms with E-state index in [0.29, 0.717) is 12.8 Å². The first-order valence-corrected chi connectivity index (χ1v) is 9.25. The second kappa shape index (κ2) is 7.13. The van der Waals surface area contributed by atoms with Crippen LogP contribution in [0.15, 0.2) is 24.4 Å². The molecule has 2 fully saturated rings. The van der Waals surface area contributed by atoms with E-state index in [0.717, 1.165) is 50.9 Å². The van der Waals surface area contributed by atoms with Gasteiger partial charge in [0.1, 0.15) is 0 Å². The third-order valence-corrected chi connectivity index (χ3v) is 6.26. The molecule has 134 valence electrons. The Morgan fingerprint density at radius 1 is 1.28 bits per heavy atom. The number of nitrogens with zero attached hydrogens (tertiary/aromatic N) is 4. The lowest BCUT2D eigenvalue weighted by Crippen LogP contribution is -2.48. The smallest absolute Gasteiger partial charge is 0.223 e. The van der Waals surface area contributed by atoms with Gasteiger partial charge in [-0.05, 0) is 63.7 Å². The summed E-state index contributed by atoms with van der Waals surface area (Å²) in [6.07, 6.45) is 8.05. The summed E-state index contributed by atoms with van der Waals surface area (Å²) in [4.78, 5) is 21.4. The minimum absolute atomic E-state index is 0.0240. The van der Waals surface area contributed by atoms with Crippen LogP contribution in [0.1, 0.15) is 50.6 Å². The van der Waals surface area contributed by atoms with E-state index < -0.39 is 0 Å². The van der Waals surface area contributed by atoms with Crippen LogP contribution < -0.4 is 0 Å². The summed E-state index contributed by atoms with van der Waals surface area (Å²) in [6.45, 7) is 1.59. The number of carbonyl (C=O) groups excluding carboxylic acids is 1. The quantitative estimate of drug-likeness (QED) is 0.773. The molecule has 1 aliphatic heterocycles. The van der Waals surface area contributed by atoms with Gasteiger partial charge in [0.25, 0.3) is 0 Å². The molecule has 1 spiro atoms. The number of nitriles is 1. The standard InChI is InChI=1S/C20H28N4O/c1-23(2)20(17-7-3-5-13-22-17)10-8-19(9-11-20)15-18(25)24(16-19)14-6-4-12-21/h3,5,7,13H,4,6,8-11,14-16H2,1-2H3/t19-,20+. The third kappa shape index (κ3) is 3.41. The maximum absolute atomic E-state index is 12.4. The predicted octanol–water partition coefficient (Wildman–Crippen LogP) is 2.93. The summed E-state index contributed by atoms with van der Waals surface area (Å²) in [5.74, 6) is 0.271. The zero-order chi connectivity index (χ0) is 17.9. The minimum atomic E-state index is -0.0240. The van der Waals surface area contributed by atoms with E-state index in [-0.39, 0.29) is 16.9 Å². The van der Waals surface area contributed by atoms with E-state index >= 15 is 0 Å². The second-order valence-electron chi connectivity index (χ2n) is 7.89. The molecule has 0 aromatic carbocycles. The molecule has 1 saturated heterocycles. The van der Waals surface area contributed by atoms with E-state index in [1.54, 1.807) is 0 Å². The van der Waals surface area contributed by atoms with Gasteiger partial charge in [-0.15, -0.1) is 0 Å². The average Bonchev–Trinajstić information content (AvgIpc) is 2.92. The number of hydrogen-bond donors (Lipinski definition) is 0. The van der Waals surface area contributed by atoms with Crippen LogP contribution in [0.5, 0.6) is 0 Å². The van der Waals surface area contributed by atoms with Gasteiger partial charge in [-0.1, -0.05) is 6.07 Å². The lowest BCUT2D eigenvalue weighted by atomic mass is 9.65. The summed E-state index contributed by atoms with van der Waals surface area (Å²) in [5.41, 5.74) is 1.24. The molecule has 0 N–H and O–H groups in total. The Kier molecular flexibility index (Phi) is 5.10. The fraction of sp³-hybridized carbons (Fsp3) is 0.650. The molecule has 0 unspecified atom stereocenters. The van der Waals surface area contributed by atoms with Crippen LogP contribution in [0, 0.1) is 16.7 Å². The van der Waals surface area contributed by atoms with Crippen LogP contribution >= 0.6 is 0 Å². The monoisotopic (exact) mass is 340 g/mol. The first kappa shape index (κ1) is 17.9. The number of unbranched alkanes of at least 4 members (excludes halogenated alkanes) is 1. The number of rotatable bonds is 5. The summed E-state index contributed by atoms with van der Waals surface area (Å²) < 4.78 is 0. The van der Waals surface area contributed by atoms with Gasteiger partial charge < -0.3 is 4.90 Å². The molecule has 1 saturated carbocycles. The van der Waals surface area contributed by atoms with Crippen molar-refractivity contribution in [3.05, 3.63) is 30.1 Å². The molecule has 2 aliphatic rings. The molecule has 0 bridgehead atoms. The van der Waals surface area contributed by atoms with Crippen molar-refractivity contribution < 1.29 is 4.79 Å². The highest BCUT2D eigenvalue weighted by Gasteiger charge is 2.50. The van der Waals surface area contributed by atoms with Gasteiger partial charge in [0.05, 0.1) is 17.3 Å². The Hall–Kier alpha value is -1.93. The molecule has 1 aromatic heterocycles. The number of carbonyl (C=O) groups is 1. The normalized spacial score (nSPS) is 29.4. The van der Waals surface area contributed by atoms with E-state index in [9.17, 15) is 4.79 Å². The Labute approximate surface area is 150 Å². The molecule has 0 atom stereocenters. The topological polar surface area (TPSA) is 60.2 Å². The maximum Gasteiger partial charge on any atom is 0.223 e. The van der Waals surface area contributed by atoms with Gasteiger partial charge in [0.2, 0.25) is 5.91 Å². The Bertz CT molecular complexity index is 641. The first-order valence-electron chi connectivity index (χ1n) is 9.25. The molecule has 1 amide bonds. The molecule has 5 nitrogen and oxygen atoms in total. The van der Waals surface area contributed by atoms with Crippen LogP contribution in [0.4, 0.5) is 0 Å². The van der Waals surface area contributed by atoms with E-state index in [1.807, 2.05) is 17.2 Å². The largest absolute Gasteiger partial charge is 0.342 e. The van der Waals surface area contributed by atoms with Crippen LogP contribution in [0.3, 0.4) is 0 Å². The molecule has 2 heterocycles. The zero-order valence-corrected chi connectivity index (χ0v) is 15.4. The molecule has 1 aliphatic carbocycles. The first-order chi connectivity index (χ1) is 12.0. The summed E-state index contributed by atoms with van der Waals surface area (Å²) in [5, 5.41) is 8.70. The number of hydrogen-bond acceptors (Lipinski definition) is 4. The summed E-state index contributed by atoms with van der Waals surface area (Å²) in [7, 11) is 4.28. The van der Waals surface area contributed by atoms with Crippen molar-refractivity contribution in [3.8, 4) is 6.07 Å². The highest BCUT2D eigenvalue weighted by Crippen LogP contribution is 2.51. The van der Waals surface area contributed by atoms with Crippen LogP contribution in [0.25, 0.3) is 0 Å².